The van der Waals surface area contributed by atoms with Gasteiger partial charge in [-0.3, -0.25) is 0 Å². The fourth-order valence-corrected chi connectivity index (χ4v) is 2.85. The van der Waals surface area contributed by atoms with Gasteiger partial charge in [0.25, 0.3) is 6.02 Å². The van der Waals surface area contributed by atoms with Crippen molar-refractivity contribution in [1.29, 1.82) is 0 Å². The summed E-state index contributed by atoms with van der Waals surface area (Å²) in [5.74, 6) is -2.66. The average molecular weight is 453 g/mol. The van der Waals surface area contributed by atoms with Crippen molar-refractivity contribution in [2.75, 3.05) is 32.9 Å². The zero-order valence-corrected chi connectivity index (χ0v) is 16.1. The lowest BCUT2D eigenvalue weighted by atomic mass is 10.1. The summed E-state index contributed by atoms with van der Waals surface area (Å²) in [6.45, 7) is 1.38. The Balaban J connectivity index is 2.16. The molecule has 0 aliphatic carbocycles. The minimum absolute atomic E-state index is 0.0888. The van der Waals surface area contributed by atoms with Gasteiger partial charge in [0, 0.05) is 18.7 Å². The molecule has 1 fully saturated rings. The number of morpholine rings is 1. The summed E-state index contributed by atoms with van der Waals surface area (Å²) in [7, 11) is 0. The van der Waals surface area contributed by atoms with Gasteiger partial charge < -0.3 is 19.1 Å². The Bertz CT molecular complexity index is 893. The van der Waals surface area contributed by atoms with Gasteiger partial charge in [-0.05, 0) is 25.1 Å². The highest BCUT2D eigenvalue weighted by Crippen LogP contribution is 2.40. The third kappa shape index (κ3) is 4.60. The molecule has 0 bridgehead atoms. The van der Waals surface area contributed by atoms with E-state index < -0.39 is 53.6 Å². The van der Waals surface area contributed by atoms with Crippen LogP contribution in [0, 0.1) is 0 Å². The second kappa shape index (κ2) is 8.36. The van der Waals surface area contributed by atoms with Crippen LogP contribution < -0.4 is 0 Å². The number of rotatable bonds is 3. The highest BCUT2D eigenvalue weighted by atomic mass is 19.4. The van der Waals surface area contributed by atoms with Crippen molar-refractivity contribution in [1.82, 2.24) is 4.90 Å². The molecule has 31 heavy (non-hydrogen) atoms. The molecule has 1 aromatic carbocycles. The second-order valence-electron chi connectivity index (χ2n) is 6.48. The third-order valence-corrected chi connectivity index (χ3v) is 4.38. The van der Waals surface area contributed by atoms with E-state index in [4.69, 9.17) is 9.47 Å². The van der Waals surface area contributed by atoms with Crippen LogP contribution in [0.25, 0.3) is 0 Å². The molecular weight excluding hydrogens is 436 g/mol. The molecule has 0 radical (unpaired) electrons. The van der Waals surface area contributed by atoms with E-state index in [1.807, 2.05) is 0 Å². The zero-order valence-electron chi connectivity index (χ0n) is 16.1. The van der Waals surface area contributed by atoms with Crippen molar-refractivity contribution in [2.45, 2.75) is 24.9 Å². The van der Waals surface area contributed by atoms with E-state index in [0.29, 0.717) is 6.07 Å². The lowest BCUT2D eigenvalue weighted by Gasteiger charge is -2.35. The van der Waals surface area contributed by atoms with Crippen LogP contribution in [0.5, 0.6) is 0 Å². The van der Waals surface area contributed by atoms with Gasteiger partial charge >= 0.3 is 24.0 Å². The van der Waals surface area contributed by atoms with Crippen LogP contribution in [0.1, 0.15) is 18.1 Å². The number of nitrogens with zero attached hydrogens (tertiary/aromatic N) is 3. The number of ether oxygens (including phenoxy) is 3. The van der Waals surface area contributed by atoms with Gasteiger partial charge in [-0.1, -0.05) is 6.07 Å². The van der Waals surface area contributed by atoms with Gasteiger partial charge in [0.15, 0.2) is 0 Å². The number of hydrogen-bond donors (Lipinski definition) is 0. The summed E-state index contributed by atoms with van der Waals surface area (Å²) >= 11 is 0. The molecule has 0 unspecified atom stereocenters. The Kier molecular flexibility index (Phi) is 6.16. The summed E-state index contributed by atoms with van der Waals surface area (Å²) in [4.78, 5) is 20.4. The molecule has 0 N–H and O–H groups in total. The van der Waals surface area contributed by atoms with Gasteiger partial charge in [0.05, 0.1) is 25.4 Å². The largest absolute Gasteiger partial charge is 0.462 e. The second-order valence-corrected chi connectivity index (χ2v) is 6.48. The predicted molar refractivity (Wildman–Crippen MR) is 94.3 cm³/mol. The standard InChI is InChI=1S/C18H17F6N3O4/c1-2-30-14(28)16(18(22,23)24)25-13(11-4-3-5-12(10-11)17(19,20)21)31-15(26-16)27-6-8-29-9-7-27/h3-5,10H,2,6-9H2,1H3/t16-/m1/s1. The van der Waals surface area contributed by atoms with E-state index in [1.165, 1.54) is 11.8 Å². The highest BCUT2D eigenvalue weighted by Gasteiger charge is 2.65. The molecule has 3 rings (SSSR count). The number of halogens is 6. The van der Waals surface area contributed by atoms with E-state index in [9.17, 15) is 31.1 Å². The molecule has 2 aliphatic rings. The molecule has 13 heteroatoms. The Morgan fingerprint density at radius 3 is 2.42 bits per heavy atom. The van der Waals surface area contributed by atoms with Gasteiger partial charge in [-0.25, -0.2) is 4.79 Å². The number of carbonyl (C=O) groups is 1. The van der Waals surface area contributed by atoms with Crippen LogP contribution >= 0.6 is 0 Å². The first-order chi connectivity index (χ1) is 14.5. The molecule has 1 aromatic rings. The Morgan fingerprint density at radius 2 is 1.84 bits per heavy atom. The number of carbonyl (C=O) groups excluding carboxylic acids is 1. The fourth-order valence-electron chi connectivity index (χ4n) is 2.85. The van der Waals surface area contributed by atoms with Crippen molar-refractivity contribution in [3.63, 3.8) is 0 Å². The lowest BCUT2D eigenvalue weighted by molar-refractivity contribution is -0.204. The summed E-state index contributed by atoms with van der Waals surface area (Å²) in [5.41, 5.74) is -5.26. The minimum atomic E-state index is -5.35. The van der Waals surface area contributed by atoms with Crippen LogP contribution in [-0.4, -0.2) is 67.5 Å². The summed E-state index contributed by atoms with van der Waals surface area (Å²) in [6.07, 6.45) is -10.1. The SMILES string of the molecule is CCOC(=O)[C@@]1(C(F)(F)F)N=C(c2cccc(C(F)(F)F)c2)OC(N2CCOCC2)=N1. The molecule has 7 nitrogen and oxygen atoms in total. The van der Waals surface area contributed by atoms with Crippen molar-refractivity contribution < 1.29 is 45.3 Å². The molecule has 0 saturated carbocycles. The first kappa shape index (κ1) is 22.8. The number of benzene rings is 1. The van der Waals surface area contributed by atoms with Crippen molar-refractivity contribution in [3.05, 3.63) is 35.4 Å². The van der Waals surface area contributed by atoms with Crippen molar-refractivity contribution in [2.24, 2.45) is 9.98 Å². The smallest absolute Gasteiger partial charge is 0.446 e. The van der Waals surface area contributed by atoms with Crippen LogP contribution in [0.3, 0.4) is 0 Å². The first-order valence-electron chi connectivity index (χ1n) is 9.10. The monoisotopic (exact) mass is 453 g/mol. The molecule has 0 spiro atoms. The molecule has 0 amide bonds. The average Bonchev–Trinajstić information content (AvgIpc) is 2.73. The van der Waals surface area contributed by atoms with E-state index in [-0.39, 0.29) is 26.3 Å². The molecule has 2 heterocycles. The van der Waals surface area contributed by atoms with Gasteiger partial charge in [0.2, 0.25) is 5.90 Å². The molecule has 2 aliphatic heterocycles. The predicted octanol–water partition coefficient (Wildman–Crippen LogP) is 2.99. The summed E-state index contributed by atoms with van der Waals surface area (Å²) in [5, 5.41) is 0. The number of amidine groups is 1. The molecule has 1 saturated heterocycles. The van der Waals surface area contributed by atoms with E-state index >= 15 is 0 Å². The molecule has 170 valence electrons. The summed E-state index contributed by atoms with van der Waals surface area (Å²) < 4.78 is 96.5. The number of hydrogen-bond acceptors (Lipinski definition) is 7. The van der Waals surface area contributed by atoms with Gasteiger partial charge in [-0.2, -0.15) is 36.3 Å². The lowest BCUT2D eigenvalue weighted by Crippen LogP contribution is -2.56. The van der Waals surface area contributed by atoms with Crippen LogP contribution in [-0.2, 0) is 25.2 Å². The van der Waals surface area contributed by atoms with Crippen LogP contribution in [0.15, 0.2) is 34.3 Å². The minimum Gasteiger partial charge on any atom is -0.462 e. The van der Waals surface area contributed by atoms with Crippen molar-refractivity contribution in [3.8, 4) is 0 Å². The summed E-state index contributed by atoms with van der Waals surface area (Å²) in [6, 6.07) is 2.78. The Hall–Kier alpha value is -2.83. The molecule has 0 aromatic heterocycles. The van der Waals surface area contributed by atoms with Crippen molar-refractivity contribution >= 4 is 17.9 Å². The topological polar surface area (TPSA) is 72.7 Å². The number of esters is 1. The normalized spacial score (nSPS) is 22.4. The zero-order chi connectivity index (χ0) is 22.9. The molecule has 1 atom stereocenters. The maximum absolute atomic E-state index is 14.1. The highest BCUT2D eigenvalue weighted by molar-refractivity contribution is 6.05. The maximum Gasteiger partial charge on any atom is 0.446 e. The van der Waals surface area contributed by atoms with E-state index in [1.54, 1.807) is 0 Å². The van der Waals surface area contributed by atoms with Gasteiger partial charge in [-0.15, -0.1) is 0 Å². The third-order valence-electron chi connectivity index (χ3n) is 4.38. The number of alkyl halides is 6. The Morgan fingerprint density at radius 1 is 1.16 bits per heavy atom. The van der Waals surface area contributed by atoms with Gasteiger partial charge in [0.1, 0.15) is 0 Å². The van der Waals surface area contributed by atoms with E-state index in [2.05, 4.69) is 14.7 Å². The maximum atomic E-state index is 14.1. The quantitative estimate of drug-likeness (QED) is 0.520. The Labute approximate surface area is 172 Å². The fraction of sp³-hybridized carbons (Fsp3) is 0.500. The van der Waals surface area contributed by atoms with Crippen LogP contribution in [0.4, 0.5) is 26.3 Å². The first-order valence-corrected chi connectivity index (χ1v) is 9.10. The molecular formula is C18H17F6N3O4. The number of aliphatic imine (C=N–C) groups is 2. The van der Waals surface area contributed by atoms with Crippen LogP contribution in [0.2, 0.25) is 0 Å². The van der Waals surface area contributed by atoms with E-state index in [0.717, 1.165) is 18.2 Å².